The van der Waals surface area contributed by atoms with Gasteiger partial charge in [0.2, 0.25) is 0 Å². The quantitative estimate of drug-likeness (QED) is 0.794. The Morgan fingerprint density at radius 2 is 1.73 bits per heavy atom. The van der Waals surface area contributed by atoms with Crippen LogP contribution in [0.15, 0.2) is 60.7 Å². The highest BCUT2D eigenvalue weighted by atomic mass is 16.7. The van der Waals surface area contributed by atoms with Gasteiger partial charge in [0.15, 0.2) is 0 Å². The fraction of sp³-hybridized carbons (Fsp3) is 0.333. The van der Waals surface area contributed by atoms with E-state index in [-0.39, 0.29) is 0 Å². The van der Waals surface area contributed by atoms with Crippen molar-refractivity contribution in [3.8, 4) is 5.75 Å². The molecule has 0 bridgehead atoms. The molecule has 0 N–H and O–H groups in total. The number of morpholine rings is 1. The third-order valence-electron chi connectivity index (χ3n) is 3.83. The van der Waals surface area contributed by atoms with Gasteiger partial charge in [-0.25, -0.2) is 4.90 Å². The molecule has 0 aliphatic carbocycles. The van der Waals surface area contributed by atoms with E-state index in [4.69, 9.17) is 14.2 Å². The number of para-hydroxylation sites is 1. The number of nitrogens with zero attached hydrogens (tertiary/aromatic N) is 1. The lowest BCUT2D eigenvalue weighted by atomic mass is 10.2. The summed E-state index contributed by atoms with van der Waals surface area (Å²) in [6.45, 7) is 2.57. The molecule has 2 aromatic rings. The van der Waals surface area contributed by atoms with Crippen molar-refractivity contribution in [3.05, 3.63) is 66.2 Å². The molecule has 1 aliphatic heterocycles. The van der Waals surface area contributed by atoms with E-state index < -0.39 is 5.91 Å². The predicted molar refractivity (Wildman–Crippen MR) is 84.5 cm³/mol. The van der Waals surface area contributed by atoms with Crippen LogP contribution in [0.25, 0.3) is 0 Å². The maximum atomic E-state index is 6.16. The first kappa shape index (κ1) is 15.0. The van der Waals surface area contributed by atoms with Gasteiger partial charge >= 0.3 is 0 Å². The highest BCUT2D eigenvalue weighted by Gasteiger charge is 2.42. The normalized spacial score (nSPS) is 22.4. The summed E-state index contributed by atoms with van der Waals surface area (Å²) in [7, 11) is 1.66. The van der Waals surface area contributed by atoms with Crippen LogP contribution in [0.3, 0.4) is 0 Å². The summed E-state index contributed by atoms with van der Waals surface area (Å²) in [4.78, 5) is 2.18. The number of methoxy groups -OCH3 is 1. The second-order valence-corrected chi connectivity index (χ2v) is 5.29. The highest BCUT2D eigenvalue weighted by Crippen LogP contribution is 2.27. The van der Waals surface area contributed by atoms with Crippen molar-refractivity contribution < 1.29 is 14.2 Å². The van der Waals surface area contributed by atoms with Crippen molar-refractivity contribution in [1.82, 2.24) is 4.90 Å². The topological polar surface area (TPSA) is 30.9 Å². The Morgan fingerprint density at radius 3 is 2.41 bits per heavy atom. The summed E-state index contributed by atoms with van der Waals surface area (Å²) in [6.07, 6.45) is 0. The molecule has 1 fully saturated rings. The van der Waals surface area contributed by atoms with Crippen LogP contribution in [0.1, 0.15) is 5.56 Å². The SMILES string of the molecule is COC1(Oc2ccccc2)COCCN1Cc1ccccc1. The van der Waals surface area contributed by atoms with Gasteiger partial charge in [0.1, 0.15) is 12.4 Å². The van der Waals surface area contributed by atoms with E-state index in [2.05, 4.69) is 17.0 Å². The molecule has 0 radical (unpaired) electrons. The van der Waals surface area contributed by atoms with Crippen LogP contribution in [-0.2, 0) is 16.0 Å². The Balaban J connectivity index is 1.82. The molecule has 0 aromatic heterocycles. The van der Waals surface area contributed by atoms with Crippen molar-refractivity contribution in [1.29, 1.82) is 0 Å². The molecule has 3 rings (SSSR count). The van der Waals surface area contributed by atoms with Gasteiger partial charge in [-0.1, -0.05) is 48.5 Å². The molecule has 4 heteroatoms. The van der Waals surface area contributed by atoms with E-state index in [1.165, 1.54) is 5.56 Å². The maximum absolute atomic E-state index is 6.16. The molecule has 1 aliphatic rings. The molecule has 1 saturated heterocycles. The first-order chi connectivity index (χ1) is 10.8. The molecular formula is C18H21NO3. The molecule has 116 valence electrons. The zero-order valence-electron chi connectivity index (χ0n) is 12.8. The standard InChI is InChI=1S/C18H21NO3/c1-20-18(22-17-10-6-3-7-11-17)15-21-13-12-19(18)14-16-8-4-2-5-9-16/h2-11H,12-15H2,1H3. The van der Waals surface area contributed by atoms with Gasteiger partial charge in [-0.2, -0.15) is 0 Å². The fourth-order valence-corrected chi connectivity index (χ4v) is 2.64. The van der Waals surface area contributed by atoms with Crippen molar-refractivity contribution in [2.75, 3.05) is 26.9 Å². The maximum Gasteiger partial charge on any atom is 0.297 e. The van der Waals surface area contributed by atoms with Crippen molar-refractivity contribution in [3.63, 3.8) is 0 Å². The van der Waals surface area contributed by atoms with Gasteiger partial charge < -0.3 is 14.2 Å². The van der Waals surface area contributed by atoms with Crippen LogP contribution in [0.4, 0.5) is 0 Å². The third kappa shape index (κ3) is 3.30. The third-order valence-corrected chi connectivity index (χ3v) is 3.83. The number of hydrogen-bond donors (Lipinski definition) is 0. The molecule has 0 spiro atoms. The second-order valence-electron chi connectivity index (χ2n) is 5.29. The second kappa shape index (κ2) is 6.92. The van der Waals surface area contributed by atoms with E-state index >= 15 is 0 Å². The average molecular weight is 299 g/mol. The minimum absolute atomic E-state index is 0.380. The molecular weight excluding hydrogens is 278 g/mol. The lowest BCUT2D eigenvalue weighted by Crippen LogP contribution is -2.61. The van der Waals surface area contributed by atoms with Crippen molar-refractivity contribution in [2.24, 2.45) is 0 Å². The monoisotopic (exact) mass is 299 g/mol. The van der Waals surface area contributed by atoms with Gasteiger partial charge in [-0.15, -0.1) is 0 Å². The Hall–Kier alpha value is -1.88. The van der Waals surface area contributed by atoms with Crippen molar-refractivity contribution in [2.45, 2.75) is 12.5 Å². The molecule has 2 aromatic carbocycles. The number of benzene rings is 2. The molecule has 1 atom stereocenters. The molecule has 0 amide bonds. The summed E-state index contributed by atoms with van der Waals surface area (Å²) >= 11 is 0. The molecule has 22 heavy (non-hydrogen) atoms. The summed E-state index contributed by atoms with van der Waals surface area (Å²) in [5.41, 5.74) is 1.22. The average Bonchev–Trinajstić information content (AvgIpc) is 2.58. The van der Waals surface area contributed by atoms with Crippen LogP contribution in [0.5, 0.6) is 5.75 Å². The molecule has 4 nitrogen and oxygen atoms in total. The molecule has 0 saturated carbocycles. The smallest absolute Gasteiger partial charge is 0.297 e. The van der Waals surface area contributed by atoms with Gasteiger partial charge in [0.25, 0.3) is 5.91 Å². The Labute approximate surface area is 131 Å². The van der Waals surface area contributed by atoms with Crippen molar-refractivity contribution >= 4 is 0 Å². The van der Waals surface area contributed by atoms with Crippen LogP contribution < -0.4 is 4.74 Å². The number of hydrogen-bond acceptors (Lipinski definition) is 4. The Morgan fingerprint density at radius 1 is 1.05 bits per heavy atom. The van der Waals surface area contributed by atoms with E-state index in [0.717, 1.165) is 18.8 Å². The summed E-state index contributed by atoms with van der Waals surface area (Å²) < 4.78 is 17.5. The summed E-state index contributed by atoms with van der Waals surface area (Å²) in [5, 5.41) is 0. The minimum Gasteiger partial charge on any atom is -0.447 e. The first-order valence-corrected chi connectivity index (χ1v) is 7.48. The fourth-order valence-electron chi connectivity index (χ4n) is 2.64. The number of rotatable bonds is 5. The van der Waals surface area contributed by atoms with E-state index in [1.54, 1.807) is 7.11 Å². The largest absolute Gasteiger partial charge is 0.447 e. The van der Waals surface area contributed by atoms with Gasteiger partial charge in [-0.05, 0) is 17.7 Å². The highest BCUT2D eigenvalue weighted by molar-refractivity contribution is 5.22. The van der Waals surface area contributed by atoms with Crippen LogP contribution >= 0.6 is 0 Å². The minimum atomic E-state index is -0.893. The zero-order valence-corrected chi connectivity index (χ0v) is 12.8. The van der Waals surface area contributed by atoms with Gasteiger partial charge in [0, 0.05) is 20.2 Å². The van der Waals surface area contributed by atoms with E-state index in [9.17, 15) is 0 Å². The molecule has 1 heterocycles. The Bertz CT molecular complexity index is 575. The summed E-state index contributed by atoms with van der Waals surface area (Å²) in [5.74, 6) is -0.122. The van der Waals surface area contributed by atoms with Crippen LogP contribution in [0.2, 0.25) is 0 Å². The number of ether oxygens (including phenoxy) is 3. The lowest BCUT2D eigenvalue weighted by Gasteiger charge is -2.44. The lowest BCUT2D eigenvalue weighted by molar-refractivity contribution is -0.310. The van der Waals surface area contributed by atoms with Crippen LogP contribution in [-0.4, -0.2) is 37.7 Å². The van der Waals surface area contributed by atoms with Gasteiger partial charge in [0.05, 0.1) is 6.61 Å². The van der Waals surface area contributed by atoms with E-state index in [0.29, 0.717) is 13.2 Å². The first-order valence-electron chi connectivity index (χ1n) is 7.48. The zero-order chi connectivity index (χ0) is 15.3. The van der Waals surface area contributed by atoms with Crippen LogP contribution in [0, 0.1) is 0 Å². The Kier molecular flexibility index (Phi) is 4.73. The summed E-state index contributed by atoms with van der Waals surface area (Å²) in [6, 6.07) is 20.0. The predicted octanol–water partition coefficient (Wildman–Crippen LogP) is 2.90. The van der Waals surface area contributed by atoms with Gasteiger partial charge in [-0.3, -0.25) is 0 Å². The van der Waals surface area contributed by atoms with E-state index in [1.807, 2.05) is 48.5 Å². The molecule has 1 unspecified atom stereocenters.